The third-order valence-electron chi connectivity index (χ3n) is 4.22. The van der Waals surface area contributed by atoms with Gasteiger partial charge in [0.2, 0.25) is 0 Å². The first-order chi connectivity index (χ1) is 13.9. The number of anilines is 1. The summed E-state index contributed by atoms with van der Waals surface area (Å²) in [5, 5.41) is 11.6. The Morgan fingerprint density at radius 3 is 2.66 bits per heavy atom. The van der Waals surface area contributed by atoms with Crippen LogP contribution in [0.1, 0.15) is 17.3 Å². The lowest BCUT2D eigenvalue weighted by molar-refractivity contribution is -0.384. The van der Waals surface area contributed by atoms with Crippen molar-refractivity contribution in [2.45, 2.75) is 6.92 Å². The van der Waals surface area contributed by atoms with Gasteiger partial charge < -0.3 is 9.64 Å². The number of rotatable bonds is 8. The number of amides is 1. The van der Waals surface area contributed by atoms with Crippen molar-refractivity contribution in [1.29, 1.82) is 0 Å². The van der Waals surface area contributed by atoms with Crippen molar-refractivity contribution in [3.8, 4) is 5.75 Å². The number of likely N-dealkylation sites (N-methyl/N-ethyl adjacent to an activating group) is 1. The van der Waals surface area contributed by atoms with Crippen LogP contribution in [0.3, 0.4) is 0 Å². The normalized spacial score (nSPS) is 11.0. The smallest absolute Gasteiger partial charge is 0.270 e. The number of fused-ring (bicyclic) bond motifs is 1. The van der Waals surface area contributed by atoms with Crippen LogP contribution in [0.5, 0.6) is 5.75 Å². The van der Waals surface area contributed by atoms with Crippen molar-refractivity contribution in [2.24, 2.45) is 0 Å². The van der Waals surface area contributed by atoms with Gasteiger partial charge in [-0.15, -0.1) is 0 Å². The predicted octanol–water partition coefficient (Wildman–Crippen LogP) is 3.81. The number of thiazole rings is 1. The molecule has 2 aromatic carbocycles. The van der Waals surface area contributed by atoms with Crippen LogP contribution < -0.4 is 9.64 Å². The number of non-ortho nitro benzene ring substituents is 1. The molecule has 0 aliphatic carbocycles. The highest BCUT2D eigenvalue weighted by Crippen LogP contribution is 2.34. The highest BCUT2D eigenvalue weighted by Gasteiger charge is 2.23. The predicted molar refractivity (Wildman–Crippen MR) is 114 cm³/mol. The van der Waals surface area contributed by atoms with Crippen molar-refractivity contribution in [3.05, 3.63) is 58.1 Å². The third kappa shape index (κ3) is 4.69. The van der Waals surface area contributed by atoms with Gasteiger partial charge in [0.1, 0.15) is 11.3 Å². The standard InChI is InChI=1S/C20H22N4O4S/c1-4-28-16-9-6-10-17-18(16)21-20(29-17)23(12-11-22(2)3)19(25)14-7-5-8-15(13-14)24(26)27/h5-10,13H,4,11-12H2,1-3H3. The molecule has 1 heterocycles. The second-order valence-electron chi connectivity index (χ2n) is 6.60. The highest BCUT2D eigenvalue weighted by atomic mass is 32.1. The lowest BCUT2D eigenvalue weighted by Gasteiger charge is -2.22. The quantitative estimate of drug-likeness (QED) is 0.411. The second kappa shape index (κ2) is 8.97. The maximum atomic E-state index is 13.2. The Morgan fingerprint density at radius 1 is 1.21 bits per heavy atom. The maximum absolute atomic E-state index is 13.2. The van der Waals surface area contributed by atoms with Crippen LogP contribution in [0, 0.1) is 10.1 Å². The first-order valence-corrected chi connectivity index (χ1v) is 9.95. The number of carbonyl (C=O) groups is 1. The van der Waals surface area contributed by atoms with Gasteiger partial charge in [-0.1, -0.05) is 23.5 Å². The van der Waals surface area contributed by atoms with E-state index in [0.717, 1.165) is 4.70 Å². The van der Waals surface area contributed by atoms with Crippen molar-refractivity contribution < 1.29 is 14.5 Å². The molecule has 3 rings (SSSR count). The van der Waals surface area contributed by atoms with Gasteiger partial charge in [0.15, 0.2) is 5.13 Å². The molecule has 29 heavy (non-hydrogen) atoms. The highest BCUT2D eigenvalue weighted by molar-refractivity contribution is 7.22. The maximum Gasteiger partial charge on any atom is 0.270 e. The Kier molecular flexibility index (Phi) is 6.40. The summed E-state index contributed by atoms with van der Waals surface area (Å²) in [6, 6.07) is 11.4. The number of aromatic nitrogens is 1. The van der Waals surface area contributed by atoms with Gasteiger partial charge in [-0.2, -0.15) is 0 Å². The number of nitro groups is 1. The summed E-state index contributed by atoms with van der Waals surface area (Å²) < 4.78 is 6.56. The lowest BCUT2D eigenvalue weighted by Crippen LogP contribution is -2.36. The van der Waals surface area contributed by atoms with E-state index in [2.05, 4.69) is 4.98 Å². The average Bonchev–Trinajstić information content (AvgIpc) is 3.13. The Hall–Kier alpha value is -3.04. The number of nitrogens with zero attached hydrogens (tertiary/aromatic N) is 4. The fourth-order valence-electron chi connectivity index (χ4n) is 2.79. The largest absolute Gasteiger partial charge is 0.492 e. The molecule has 8 nitrogen and oxygen atoms in total. The number of ether oxygens (including phenoxy) is 1. The number of nitro benzene ring substituents is 1. The minimum atomic E-state index is -0.507. The van der Waals surface area contributed by atoms with Gasteiger partial charge >= 0.3 is 0 Å². The Morgan fingerprint density at radius 2 is 1.97 bits per heavy atom. The topological polar surface area (TPSA) is 88.8 Å². The van der Waals surface area contributed by atoms with Crippen molar-refractivity contribution in [2.75, 3.05) is 38.7 Å². The molecule has 0 fully saturated rings. The molecule has 0 N–H and O–H groups in total. The number of para-hydroxylation sites is 1. The molecule has 0 saturated heterocycles. The number of hydrogen-bond acceptors (Lipinski definition) is 7. The van der Waals surface area contributed by atoms with E-state index in [1.165, 1.54) is 29.5 Å². The van der Waals surface area contributed by atoms with Crippen LogP contribution in [-0.4, -0.2) is 54.5 Å². The van der Waals surface area contributed by atoms with Crippen molar-refractivity contribution in [1.82, 2.24) is 9.88 Å². The number of carbonyl (C=O) groups excluding carboxylic acids is 1. The molecule has 0 aliphatic rings. The van der Waals surface area contributed by atoms with E-state index in [9.17, 15) is 14.9 Å². The molecule has 9 heteroatoms. The van der Waals surface area contributed by atoms with E-state index in [4.69, 9.17) is 4.74 Å². The Balaban J connectivity index is 2.02. The van der Waals surface area contributed by atoms with Crippen molar-refractivity contribution in [3.63, 3.8) is 0 Å². The fourth-order valence-corrected chi connectivity index (χ4v) is 3.80. The molecule has 3 aromatic rings. The zero-order valence-electron chi connectivity index (χ0n) is 16.5. The Bertz CT molecular complexity index is 1030. The van der Waals surface area contributed by atoms with Crippen LogP contribution in [0.15, 0.2) is 42.5 Å². The fraction of sp³-hybridized carbons (Fsp3) is 0.300. The van der Waals surface area contributed by atoms with Gasteiger partial charge in [-0.05, 0) is 39.2 Å². The van der Waals surface area contributed by atoms with Crippen LogP contribution >= 0.6 is 11.3 Å². The summed E-state index contributed by atoms with van der Waals surface area (Å²) in [4.78, 5) is 32.0. The molecule has 0 radical (unpaired) electrons. The van der Waals surface area contributed by atoms with Gasteiger partial charge in [-0.3, -0.25) is 19.8 Å². The SMILES string of the molecule is CCOc1cccc2sc(N(CCN(C)C)C(=O)c3cccc([N+](=O)[O-])c3)nc12. The molecular formula is C20H22N4O4S. The average molecular weight is 414 g/mol. The Labute approximate surface area is 172 Å². The molecule has 0 unspecified atom stereocenters. The molecule has 1 aromatic heterocycles. The minimum Gasteiger partial charge on any atom is -0.492 e. The summed E-state index contributed by atoms with van der Waals surface area (Å²) in [7, 11) is 3.84. The molecule has 1 amide bonds. The summed E-state index contributed by atoms with van der Waals surface area (Å²) in [5.74, 6) is 0.343. The molecule has 0 aliphatic heterocycles. The van der Waals surface area contributed by atoms with Crippen LogP contribution in [-0.2, 0) is 0 Å². The van der Waals surface area contributed by atoms with E-state index in [0.29, 0.717) is 36.1 Å². The van der Waals surface area contributed by atoms with E-state index in [1.807, 2.05) is 44.1 Å². The molecule has 0 saturated carbocycles. The molecule has 0 spiro atoms. The second-order valence-corrected chi connectivity index (χ2v) is 7.61. The van der Waals surface area contributed by atoms with E-state index < -0.39 is 4.92 Å². The zero-order valence-corrected chi connectivity index (χ0v) is 17.3. The summed E-state index contributed by atoms with van der Waals surface area (Å²) in [6.45, 7) is 3.44. The molecule has 0 atom stereocenters. The number of benzene rings is 2. The van der Waals surface area contributed by atoms with Crippen LogP contribution in [0.4, 0.5) is 10.8 Å². The van der Waals surface area contributed by atoms with Crippen molar-refractivity contribution >= 4 is 38.3 Å². The van der Waals surface area contributed by atoms with E-state index in [1.54, 1.807) is 11.0 Å². The van der Waals surface area contributed by atoms with Gasteiger partial charge in [0.25, 0.3) is 11.6 Å². The summed E-state index contributed by atoms with van der Waals surface area (Å²) in [5.41, 5.74) is 0.838. The van der Waals surface area contributed by atoms with Crippen LogP contribution in [0.25, 0.3) is 10.2 Å². The summed E-state index contributed by atoms with van der Waals surface area (Å²) in [6.07, 6.45) is 0. The van der Waals surface area contributed by atoms with Crippen LogP contribution in [0.2, 0.25) is 0 Å². The molecule has 0 bridgehead atoms. The number of hydrogen-bond donors (Lipinski definition) is 0. The van der Waals surface area contributed by atoms with E-state index >= 15 is 0 Å². The monoisotopic (exact) mass is 414 g/mol. The molecule has 152 valence electrons. The first-order valence-electron chi connectivity index (χ1n) is 9.14. The third-order valence-corrected chi connectivity index (χ3v) is 5.26. The van der Waals surface area contributed by atoms with Gasteiger partial charge in [-0.25, -0.2) is 4.98 Å². The van der Waals surface area contributed by atoms with E-state index in [-0.39, 0.29) is 17.2 Å². The zero-order chi connectivity index (χ0) is 21.0. The minimum absolute atomic E-state index is 0.119. The summed E-state index contributed by atoms with van der Waals surface area (Å²) >= 11 is 1.39. The van der Waals surface area contributed by atoms with Gasteiger partial charge in [0.05, 0.1) is 16.2 Å². The lowest BCUT2D eigenvalue weighted by atomic mass is 10.2. The molecular weight excluding hydrogens is 392 g/mol. The first kappa shape index (κ1) is 20.7. The van der Waals surface area contributed by atoms with Gasteiger partial charge in [0, 0.05) is 30.8 Å².